The van der Waals surface area contributed by atoms with Gasteiger partial charge in [-0.15, -0.1) is 0 Å². The minimum absolute atomic E-state index is 0.0428. The van der Waals surface area contributed by atoms with Crippen molar-refractivity contribution < 1.29 is 14.3 Å². The minimum atomic E-state index is 0.0428. The van der Waals surface area contributed by atoms with Crippen LogP contribution in [0, 0.1) is 0 Å². The number of ether oxygens (including phenoxy) is 2. The molecule has 2 N–H and O–H groups in total. The van der Waals surface area contributed by atoms with E-state index in [1.807, 2.05) is 36.4 Å². The van der Waals surface area contributed by atoms with Gasteiger partial charge < -0.3 is 20.1 Å². The number of hydrogen-bond donors (Lipinski definition) is 2. The van der Waals surface area contributed by atoms with Crippen LogP contribution in [-0.4, -0.2) is 45.2 Å². The topological polar surface area (TPSA) is 59.6 Å². The summed E-state index contributed by atoms with van der Waals surface area (Å²) >= 11 is 0. The van der Waals surface area contributed by atoms with Gasteiger partial charge in [-0.2, -0.15) is 0 Å². The van der Waals surface area contributed by atoms with Crippen LogP contribution in [0.25, 0.3) is 11.1 Å². The van der Waals surface area contributed by atoms with E-state index in [-0.39, 0.29) is 5.78 Å². The highest BCUT2D eigenvalue weighted by Crippen LogP contribution is 2.39. The first-order valence-corrected chi connectivity index (χ1v) is 10.2. The molecular weight excluding hydrogens is 352 g/mol. The van der Waals surface area contributed by atoms with Crippen molar-refractivity contribution in [2.24, 2.45) is 0 Å². The van der Waals surface area contributed by atoms with E-state index in [1.54, 1.807) is 0 Å². The Bertz CT molecular complexity index is 739. The molecule has 150 valence electrons. The molecule has 5 heteroatoms. The van der Waals surface area contributed by atoms with Crippen LogP contribution in [0.2, 0.25) is 0 Å². The van der Waals surface area contributed by atoms with E-state index >= 15 is 0 Å². The summed E-state index contributed by atoms with van der Waals surface area (Å²) < 4.78 is 11.6. The highest BCUT2D eigenvalue weighted by molar-refractivity contribution is 6.22. The highest BCUT2D eigenvalue weighted by atomic mass is 16.5. The van der Waals surface area contributed by atoms with Crippen molar-refractivity contribution in [1.29, 1.82) is 0 Å². The van der Waals surface area contributed by atoms with Gasteiger partial charge in [0.25, 0.3) is 0 Å². The molecule has 0 saturated heterocycles. The number of fused-ring (bicyclic) bond motifs is 3. The third kappa shape index (κ3) is 4.91. The molecule has 3 rings (SSSR count). The zero-order valence-electron chi connectivity index (χ0n) is 16.8. The van der Waals surface area contributed by atoms with Gasteiger partial charge in [-0.25, -0.2) is 0 Å². The Morgan fingerprint density at radius 2 is 1.18 bits per heavy atom. The normalized spacial score (nSPS) is 12.0. The van der Waals surface area contributed by atoms with Gasteiger partial charge in [-0.3, -0.25) is 4.79 Å². The summed E-state index contributed by atoms with van der Waals surface area (Å²) in [5.41, 5.74) is 3.37. The van der Waals surface area contributed by atoms with E-state index in [0.717, 1.165) is 61.6 Å². The Labute approximate surface area is 167 Å². The van der Waals surface area contributed by atoms with Crippen molar-refractivity contribution in [3.63, 3.8) is 0 Å². The summed E-state index contributed by atoms with van der Waals surface area (Å²) in [4.78, 5) is 12.9. The molecule has 2 aromatic rings. The molecule has 0 radical (unpaired) electrons. The monoisotopic (exact) mass is 382 g/mol. The van der Waals surface area contributed by atoms with Gasteiger partial charge in [0, 0.05) is 11.1 Å². The molecule has 1 aliphatic rings. The SMILES string of the molecule is CCNCCCOc1ccc2c(c1)C(=O)c1cc(OCCCNCC)ccc1-2. The van der Waals surface area contributed by atoms with E-state index < -0.39 is 0 Å². The molecule has 2 aromatic carbocycles. The third-order valence-corrected chi connectivity index (χ3v) is 4.79. The number of rotatable bonds is 12. The highest BCUT2D eigenvalue weighted by Gasteiger charge is 2.27. The molecule has 0 unspecified atom stereocenters. The average molecular weight is 383 g/mol. The number of carbonyl (C=O) groups is 1. The zero-order valence-corrected chi connectivity index (χ0v) is 16.8. The number of hydrogen-bond acceptors (Lipinski definition) is 5. The average Bonchev–Trinajstić information content (AvgIpc) is 2.99. The fraction of sp³-hybridized carbons (Fsp3) is 0.435. The van der Waals surface area contributed by atoms with E-state index in [1.165, 1.54) is 0 Å². The minimum Gasteiger partial charge on any atom is -0.494 e. The lowest BCUT2D eigenvalue weighted by Crippen LogP contribution is -2.16. The lowest BCUT2D eigenvalue weighted by atomic mass is 10.1. The summed E-state index contributed by atoms with van der Waals surface area (Å²) in [6.07, 6.45) is 1.88. The van der Waals surface area contributed by atoms with Crippen LogP contribution in [-0.2, 0) is 0 Å². The van der Waals surface area contributed by atoms with Crippen LogP contribution in [0.15, 0.2) is 36.4 Å². The van der Waals surface area contributed by atoms with Gasteiger partial charge in [0.2, 0.25) is 0 Å². The first-order valence-electron chi connectivity index (χ1n) is 10.2. The molecule has 0 atom stereocenters. The van der Waals surface area contributed by atoms with Gasteiger partial charge >= 0.3 is 0 Å². The Kier molecular flexibility index (Phi) is 7.46. The van der Waals surface area contributed by atoms with E-state index in [0.29, 0.717) is 24.3 Å². The fourth-order valence-corrected chi connectivity index (χ4v) is 3.34. The quantitative estimate of drug-likeness (QED) is 0.468. The smallest absolute Gasteiger partial charge is 0.194 e. The maximum Gasteiger partial charge on any atom is 0.194 e. The molecule has 28 heavy (non-hydrogen) atoms. The lowest BCUT2D eigenvalue weighted by molar-refractivity contribution is 0.104. The van der Waals surface area contributed by atoms with Crippen molar-refractivity contribution in [3.05, 3.63) is 47.5 Å². The van der Waals surface area contributed by atoms with Gasteiger partial charge in [-0.1, -0.05) is 13.8 Å². The molecule has 1 aliphatic carbocycles. The molecule has 0 aliphatic heterocycles. The largest absolute Gasteiger partial charge is 0.494 e. The fourth-order valence-electron chi connectivity index (χ4n) is 3.34. The van der Waals surface area contributed by atoms with Crippen molar-refractivity contribution >= 4 is 5.78 Å². The van der Waals surface area contributed by atoms with Gasteiger partial charge in [0.05, 0.1) is 13.2 Å². The number of carbonyl (C=O) groups excluding carboxylic acids is 1. The summed E-state index contributed by atoms with van der Waals surface area (Å²) in [6.45, 7) is 9.25. The molecular formula is C23H30N2O3. The van der Waals surface area contributed by atoms with Gasteiger partial charge in [-0.05, 0) is 86.5 Å². The van der Waals surface area contributed by atoms with Crippen LogP contribution in [0.4, 0.5) is 0 Å². The summed E-state index contributed by atoms with van der Waals surface area (Å²) in [5.74, 6) is 1.54. The molecule has 0 spiro atoms. The van der Waals surface area contributed by atoms with Crippen molar-refractivity contribution in [2.75, 3.05) is 39.4 Å². The Balaban J connectivity index is 1.62. The number of nitrogens with one attached hydrogen (secondary N) is 2. The molecule has 5 nitrogen and oxygen atoms in total. The lowest BCUT2D eigenvalue weighted by Gasteiger charge is -2.08. The van der Waals surface area contributed by atoms with Crippen molar-refractivity contribution in [3.8, 4) is 22.6 Å². The van der Waals surface area contributed by atoms with Gasteiger partial charge in [0.1, 0.15) is 11.5 Å². The van der Waals surface area contributed by atoms with Crippen LogP contribution in [0.3, 0.4) is 0 Å². The van der Waals surface area contributed by atoms with Crippen LogP contribution >= 0.6 is 0 Å². The first-order chi connectivity index (χ1) is 13.7. The molecule has 0 bridgehead atoms. The standard InChI is InChI=1S/C23H30N2O3/c1-3-24-11-5-13-27-17-7-9-19-20-10-8-18(28-14-6-12-25-4-2)16-22(20)23(26)21(19)15-17/h7-10,15-16,24-25H,3-6,11-14H2,1-2H3. The van der Waals surface area contributed by atoms with Crippen LogP contribution in [0.5, 0.6) is 11.5 Å². The summed E-state index contributed by atoms with van der Waals surface area (Å²) in [6, 6.07) is 11.6. The van der Waals surface area contributed by atoms with Crippen LogP contribution < -0.4 is 20.1 Å². The second kappa shape index (κ2) is 10.2. The third-order valence-electron chi connectivity index (χ3n) is 4.79. The van der Waals surface area contributed by atoms with E-state index in [2.05, 4.69) is 24.5 Å². The van der Waals surface area contributed by atoms with Crippen molar-refractivity contribution in [2.45, 2.75) is 26.7 Å². The van der Waals surface area contributed by atoms with Crippen molar-refractivity contribution in [1.82, 2.24) is 10.6 Å². The molecule has 0 heterocycles. The first kappa shape index (κ1) is 20.4. The Hall–Kier alpha value is -2.37. The van der Waals surface area contributed by atoms with E-state index in [4.69, 9.17) is 9.47 Å². The van der Waals surface area contributed by atoms with Crippen LogP contribution in [0.1, 0.15) is 42.6 Å². The second-order valence-corrected chi connectivity index (χ2v) is 6.86. The predicted molar refractivity (Wildman–Crippen MR) is 113 cm³/mol. The summed E-state index contributed by atoms with van der Waals surface area (Å²) in [7, 11) is 0. The molecule has 0 fully saturated rings. The second-order valence-electron chi connectivity index (χ2n) is 6.86. The van der Waals surface area contributed by atoms with Gasteiger partial charge in [0.15, 0.2) is 5.78 Å². The Morgan fingerprint density at radius 3 is 1.61 bits per heavy atom. The predicted octanol–water partition coefficient (Wildman–Crippen LogP) is 3.65. The maximum atomic E-state index is 12.9. The maximum absolute atomic E-state index is 12.9. The Morgan fingerprint density at radius 1 is 0.714 bits per heavy atom. The molecule has 0 saturated carbocycles. The summed E-state index contributed by atoms with van der Waals surface area (Å²) in [5, 5.41) is 6.55. The zero-order chi connectivity index (χ0) is 19.8. The van der Waals surface area contributed by atoms with E-state index in [9.17, 15) is 4.79 Å². The molecule has 0 amide bonds. The molecule has 0 aromatic heterocycles. The number of ketones is 1. The number of benzene rings is 2.